The van der Waals surface area contributed by atoms with E-state index in [4.69, 9.17) is 4.98 Å². The second kappa shape index (κ2) is 7.33. The van der Waals surface area contributed by atoms with E-state index in [2.05, 4.69) is 23.7 Å². The molecule has 0 radical (unpaired) electrons. The zero-order valence-electron chi connectivity index (χ0n) is 16.2. The molecule has 2 aliphatic rings. The maximum absolute atomic E-state index is 12.9. The van der Waals surface area contributed by atoms with Gasteiger partial charge in [0.2, 0.25) is 11.8 Å². The number of carbonyl (C=O) groups is 2. The van der Waals surface area contributed by atoms with E-state index in [0.717, 1.165) is 62.2 Å². The molecule has 2 fully saturated rings. The summed E-state index contributed by atoms with van der Waals surface area (Å²) in [6, 6.07) is 8.23. The molecule has 1 aromatic carbocycles. The van der Waals surface area contributed by atoms with E-state index in [-0.39, 0.29) is 17.7 Å². The van der Waals surface area contributed by atoms with Crippen molar-refractivity contribution in [3.63, 3.8) is 0 Å². The minimum atomic E-state index is -0.0325. The Kier molecular flexibility index (Phi) is 4.89. The van der Waals surface area contributed by atoms with E-state index in [1.807, 2.05) is 21.9 Å². The van der Waals surface area contributed by atoms with Gasteiger partial charge in [-0.15, -0.1) is 0 Å². The summed E-state index contributed by atoms with van der Waals surface area (Å²) in [4.78, 5) is 33.2. The summed E-state index contributed by atoms with van der Waals surface area (Å²) in [5, 5.41) is 0. The lowest BCUT2D eigenvalue weighted by Crippen LogP contribution is -2.48. The maximum Gasteiger partial charge on any atom is 0.227 e. The summed E-state index contributed by atoms with van der Waals surface area (Å²) in [6.45, 7) is 4.52. The molecule has 2 aromatic rings. The van der Waals surface area contributed by atoms with E-state index in [1.54, 1.807) is 6.92 Å². The van der Waals surface area contributed by atoms with Crippen LogP contribution in [-0.2, 0) is 16.6 Å². The van der Waals surface area contributed by atoms with Gasteiger partial charge in [-0.1, -0.05) is 12.1 Å². The lowest BCUT2D eigenvalue weighted by molar-refractivity contribution is -0.141. The first-order valence-electron chi connectivity index (χ1n) is 10.00. The van der Waals surface area contributed by atoms with Crippen LogP contribution >= 0.6 is 0 Å². The van der Waals surface area contributed by atoms with E-state index >= 15 is 0 Å². The van der Waals surface area contributed by atoms with Gasteiger partial charge in [0, 0.05) is 46.1 Å². The number of likely N-dealkylation sites (tertiary alicyclic amines) is 2. The van der Waals surface area contributed by atoms with Crippen molar-refractivity contribution >= 4 is 22.8 Å². The van der Waals surface area contributed by atoms with Crippen molar-refractivity contribution in [3.8, 4) is 0 Å². The van der Waals surface area contributed by atoms with Crippen LogP contribution in [0, 0.1) is 5.92 Å². The Labute approximate surface area is 160 Å². The van der Waals surface area contributed by atoms with Gasteiger partial charge in [-0.2, -0.15) is 0 Å². The molecule has 1 atom stereocenters. The highest BCUT2D eigenvalue weighted by atomic mass is 16.2. The fraction of sp³-hybridized carbons (Fsp3) is 0.571. The third-order valence-corrected chi connectivity index (χ3v) is 6.21. The first-order chi connectivity index (χ1) is 13.0. The average molecular weight is 368 g/mol. The number of carbonyl (C=O) groups excluding carboxylic acids is 2. The summed E-state index contributed by atoms with van der Waals surface area (Å²) in [6.07, 6.45) is 3.72. The van der Waals surface area contributed by atoms with Crippen LogP contribution in [0.25, 0.3) is 11.0 Å². The summed E-state index contributed by atoms with van der Waals surface area (Å²) in [7, 11) is 2.08. The summed E-state index contributed by atoms with van der Waals surface area (Å²) in [5.41, 5.74) is 2.21. The molecule has 0 spiro atoms. The number of hydrogen-bond donors (Lipinski definition) is 0. The van der Waals surface area contributed by atoms with Gasteiger partial charge in [-0.25, -0.2) is 4.98 Å². The highest BCUT2D eigenvalue weighted by molar-refractivity contribution is 5.81. The van der Waals surface area contributed by atoms with Crippen LogP contribution in [0.3, 0.4) is 0 Å². The third-order valence-electron chi connectivity index (χ3n) is 6.21. The normalized spacial score (nSPS) is 21.6. The first kappa shape index (κ1) is 18.0. The Morgan fingerprint density at radius 2 is 1.78 bits per heavy atom. The molecule has 0 N–H and O–H groups in total. The van der Waals surface area contributed by atoms with E-state index in [9.17, 15) is 9.59 Å². The Balaban J connectivity index is 1.40. The Morgan fingerprint density at radius 3 is 2.48 bits per heavy atom. The van der Waals surface area contributed by atoms with Crippen molar-refractivity contribution in [2.24, 2.45) is 13.0 Å². The summed E-state index contributed by atoms with van der Waals surface area (Å²) < 4.78 is 2.20. The minimum absolute atomic E-state index is 0.0325. The number of piperidine rings is 2. The number of aromatic nitrogens is 2. The molecule has 0 bridgehead atoms. The molecule has 0 aliphatic carbocycles. The summed E-state index contributed by atoms with van der Waals surface area (Å²) >= 11 is 0. The fourth-order valence-electron chi connectivity index (χ4n) is 4.61. The number of para-hydroxylation sites is 2. The van der Waals surface area contributed by atoms with Gasteiger partial charge in [-0.3, -0.25) is 9.59 Å². The van der Waals surface area contributed by atoms with Crippen molar-refractivity contribution < 1.29 is 9.59 Å². The standard InChI is InChI=1S/C21H28N4O2/c1-15(26)25-11-5-6-17(14-25)21(27)24-12-9-16(10-13-24)20-22-18-7-3-4-8-19(18)23(20)2/h3-4,7-8,16-17H,5-6,9-14H2,1-2H3/t17-/m1/s1. The topological polar surface area (TPSA) is 58.4 Å². The molecule has 3 heterocycles. The zero-order valence-corrected chi connectivity index (χ0v) is 16.2. The van der Waals surface area contributed by atoms with Crippen LogP contribution in [0.5, 0.6) is 0 Å². The number of imidazole rings is 1. The second-order valence-electron chi connectivity index (χ2n) is 7.92. The lowest BCUT2D eigenvalue weighted by Gasteiger charge is -2.37. The van der Waals surface area contributed by atoms with Gasteiger partial charge in [-0.05, 0) is 37.8 Å². The van der Waals surface area contributed by atoms with Crippen LogP contribution in [-0.4, -0.2) is 57.3 Å². The van der Waals surface area contributed by atoms with Gasteiger partial charge < -0.3 is 14.4 Å². The molecule has 1 aromatic heterocycles. The Hall–Kier alpha value is -2.37. The predicted octanol–water partition coefficient (Wildman–Crippen LogP) is 2.54. The molecule has 2 saturated heterocycles. The van der Waals surface area contributed by atoms with Gasteiger partial charge in [0.1, 0.15) is 5.82 Å². The molecule has 0 saturated carbocycles. The number of benzene rings is 1. The van der Waals surface area contributed by atoms with E-state index < -0.39 is 0 Å². The number of hydrogen-bond acceptors (Lipinski definition) is 3. The molecule has 6 nitrogen and oxygen atoms in total. The largest absolute Gasteiger partial charge is 0.342 e. The molecule has 2 aliphatic heterocycles. The number of fused-ring (bicyclic) bond motifs is 1. The third kappa shape index (κ3) is 3.45. The summed E-state index contributed by atoms with van der Waals surface area (Å²) in [5.74, 6) is 1.79. The highest BCUT2D eigenvalue weighted by Crippen LogP contribution is 2.30. The number of nitrogens with zero attached hydrogens (tertiary/aromatic N) is 4. The number of amides is 2. The van der Waals surface area contributed by atoms with Crippen LogP contribution < -0.4 is 0 Å². The lowest BCUT2D eigenvalue weighted by atomic mass is 9.92. The van der Waals surface area contributed by atoms with E-state index in [0.29, 0.717) is 12.5 Å². The second-order valence-corrected chi connectivity index (χ2v) is 7.92. The molecule has 0 unspecified atom stereocenters. The first-order valence-corrected chi connectivity index (χ1v) is 10.00. The predicted molar refractivity (Wildman–Crippen MR) is 104 cm³/mol. The van der Waals surface area contributed by atoms with Gasteiger partial charge >= 0.3 is 0 Å². The Morgan fingerprint density at radius 1 is 1.04 bits per heavy atom. The minimum Gasteiger partial charge on any atom is -0.342 e. The molecule has 144 valence electrons. The monoisotopic (exact) mass is 368 g/mol. The highest BCUT2D eigenvalue weighted by Gasteiger charge is 2.33. The van der Waals surface area contributed by atoms with Crippen molar-refractivity contribution in [1.29, 1.82) is 0 Å². The van der Waals surface area contributed by atoms with Gasteiger partial charge in [0.15, 0.2) is 0 Å². The van der Waals surface area contributed by atoms with Crippen molar-refractivity contribution in [1.82, 2.24) is 19.4 Å². The van der Waals surface area contributed by atoms with Crippen molar-refractivity contribution in [3.05, 3.63) is 30.1 Å². The van der Waals surface area contributed by atoms with Crippen LogP contribution in [0.4, 0.5) is 0 Å². The molecule has 4 rings (SSSR count). The molecule has 27 heavy (non-hydrogen) atoms. The molecule has 2 amide bonds. The quantitative estimate of drug-likeness (QED) is 0.818. The molecular weight excluding hydrogens is 340 g/mol. The van der Waals surface area contributed by atoms with Gasteiger partial charge in [0.05, 0.1) is 17.0 Å². The van der Waals surface area contributed by atoms with Crippen LogP contribution in [0.15, 0.2) is 24.3 Å². The fourth-order valence-corrected chi connectivity index (χ4v) is 4.61. The number of aryl methyl sites for hydroxylation is 1. The van der Waals surface area contributed by atoms with Crippen molar-refractivity contribution in [2.75, 3.05) is 26.2 Å². The molecule has 6 heteroatoms. The Bertz CT molecular complexity index is 851. The smallest absolute Gasteiger partial charge is 0.227 e. The average Bonchev–Trinajstić information content (AvgIpc) is 3.04. The van der Waals surface area contributed by atoms with Crippen molar-refractivity contribution in [2.45, 2.75) is 38.5 Å². The molecular formula is C21H28N4O2. The zero-order chi connectivity index (χ0) is 19.0. The van der Waals surface area contributed by atoms with Crippen LogP contribution in [0.2, 0.25) is 0 Å². The van der Waals surface area contributed by atoms with Gasteiger partial charge in [0.25, 0.3) is 0 Å². The van der Waals surface area contributed by atoms with Crippen LogP contribution in [0.1, 0.15) is 44.3 Å². The maximum atomic E-state index is 12.9. The SMILES string of the molecule is CC(=O)N1CCC[C@@H](C(=O)N2CCC(c3nc4ccccc4n3C)CC2)C1. The van der Waals surface area contributed by atoms with E-state index in [1.165, 1.54) is 0 Å². The number of rotatable bonds is 2.